The minimum atomic E-state index is -0.836. The van der Waals surface area contributed by atoms with Gasteiger partial charge in [-0.25, -0.2) is 9.69 Å². The van der Waals surface area contributed by atoms with Crippen molar-refractivity contribution < 1.29 is 14.3 Å². The maximum absolute atomic E-state index is 13.6. The second kappa shape index (κ2) is 10.5. The van der Waals surface area contributed by atoms with E-state index in [1.807, 2.05) is 37.1 Å². The Labute approximate surface area is 227 Å². The first kappa shape index (κ1) is 26.6. The summed E-state index contributed by atoms with van der Waals surface area (Å²) >= 11 is 12.8. The first-order valence-electron chi connectivity index (χ1n) is 11.8. The normalized spacial score (nSPS) is 16.6. The predicted octanol–water partition coefficient (Wildman–Crippen LogP) is 6.42. The third-order valence-corrected chi connectivity index (χ3v) is 7.05. The fraction of sp³-hybridized carbons (Fsp3) is 0.385. The number of aromatic nitrogens is 2. The average molecular weight is 552 g/mol. The molecule has 1 aromatic heterocycles. The minimum absolute atomic E-state index is 0. The number of amides is 1. The predicted molar refractivity (Wildman–Crippen MR) is 144 cm³/mol. The van der Waals surface area contributed by atoms with E-state index in [4.69, 9.17) is 37.8 Å². The van der Waals surface area contributed by atoms with Crippen LogP contribution in [0.2, 0.25) is 10.0 Å². The molecule has 36 heavy (non-hydrogen) atoms. The van der Waals surface area contributed by atoms with Crippen molar-refractivity contribution in [3.05, 3.63) is 57.7 Å². The van der Waals surface area contributed by atoms with Crippen molar-refractivity contribution in [2.75, 3.05) is 20.2 Å². The third-order valence-electron chi connectivity index (χ3n) is 6.52. The van der Waals surface area contributed by atoms with Gasteiger partial charge in [-0.1, -0.05) is 36.0 Å². The van der Waals surface area contributed by atoms with Gasteiger partial charge in [0.05, 0.1) is 29.1 Å². The Kier molecular flexibility index (Phi) is 7.76. The van der Waals surface area contributed by atoms with Gasteiger partial charge in [0.25, 0.3) is 5.91 Å². The van der Waals surface area contributed by atoms with Crippen LogP contribution in [0, 0.1) is 0 Å². The number of methoxy groups -OCH3 is 1. The van der Waals surface area contributed by atoms with Gasteiger partial charge in [-0.05, 0) is 57.0 Å². The number of hydrogen-bond acceptors (Lipinski definition) is 5. The van der Waals surface area contributed by atoms with E-state index in [2.05, 4.69) is 5.43 Å². The van der Waals surface area contributed by atoms with Crippen molar-refractivity contribution in [1.82, 2.24) is 20.2 Å². The van der Waals surface area contributed by atoms with Crippen LogP contribution in [0.4, 0.5) is 0 Å². The maximum Gasteiger partial charge on any atom is 0.286 e. The second-order valence-corrected chi connectivity index (χ2v) is 10.2. The molecule has 2 aliphatic heterocycles. The number of rotatable bonds is 4. The summed E-state index contributed by atoms with van der Waals surface area (Å²) in [5.74, 6) is 1.06. The van der Waals surface area contributed by atoms with Gasteiger partial charge in [0.2, 0.25) is 0 Å². The van der Waals surface area contributed by atoms with Crippen molar-refractivity contribution in [1.29, 1.82) is 0 Å². The maximum atomic E-state index is 13.6. The number of carbonyl (C=O) groups excluding carboxylic acids is 1. The molecule has 0 spiro atoms. The summed E-state index contributed by atoms with van der Waals surface area (Å²) in [4.78, 5) is 13.6. The number of nitrogens with one attached hydrogen (secondary N) is 1. The first-order valence-corrected chi connectivity index (χ1v) is 12.6. The number of hydrazine groups is 1. The molecule has 7 nitrogen and oxygen atoms in total. The Morgan fingerprint density at radius 3 is 2.47 bits per heavy atom. The van der Waals surface area contributed by atoms with Gasteiger partial charge in [0.1, 0.15) is 17.1 Å². The van der Waals surface area contributed by atoms with Crippen molar-refractivity contribution in [2.24, 2.45) is 0 Å². The van der Waals surface area contributed by atoms with Crippen molar-refractivity contribution >= 4 is 41.5 Å². The molecule has 0 radical (unpaired) electrons. The summed E-state index contributed by atoms with van der Waals surface area (Å²) in [5.41, 5.74) is 5.43. The van der Waals surface area contributed by atoms with Crippen molar-refractivity contribution in [3.8, 4) is 28.4 Å². The zero-order valence-electron chi connectivity index (χ0n) is 20.4. The smallest absolute Gasteiger partial charge is 0.286 e. The highest BCUT2D eigenvalue weighted by Gasteiger charge is 2.42. The fourth-order valence-electron chi connectivity index (χ4n) is 4.84. The van der Waals surface area contributed by atoms with Crippen LogP contribution in [0.15, 0.2) is 36.4 Å². The number of hydrogen-bond donors (Lipinski definition) is 1. The molecule has 0 aliphatic carbocycles. The minimum Gasteiger partial charge on any atom is -0.497 e. The molecule has 2 aliphatic rings. The van der Waals surface area contributed by atoms with E-state index in [1.54, 1.807) is 30.0 Å². The zero-order valence-corrected chi connectivity index (χ0v) is 22.8. The van der Waals surface area contributed by atoms with E-state index in [0.717, 1.165) is 37.2 Å². The summed E-state index contributed by atoms with van der Waals surface area (Å²) < 4.78 is 13.5. The molecule has 2 aromatic carbocycles. The number of fused-ring (bicyclic) bond motifs is 3. The molecule has 1 saturated heterocycles. The van der Waals surface area contributed by atoms with Crippen LogP contribution in [0.3, 0.4) is 0 Å². The average Bonchev–Trinajstić information content (AvgIpc) is 3.04. The van der Waals surface area contributed by atoms with E-state index < -0.39 is 5.60 Å². The highest BCUT2D eigenvalue weighted by atomic mass is 35.5. The number of ether oxygens (including phenoxy) is 2. The van der Waals surface area contributed by atoms with Crippen LogP contribution in [-0.2, 0) is 5.60 Å². The molecule has 192 valence electrons. The number of nitrogens with zero attached hydrogens (tertiary/aromatic N) is 3. The monoisotopic (exact) mass is 550 g/mol. The molecule has 3 aromatic rings. The van der Waals surface area contributed by atoms with Gasteiger partial charge in [0.15, 0.2) is 5.69 Å². The molecular weight excluding hydrogens is 523 g/mol. The molecule has 0 bridgehead atoms. The molecule has 3 heterocycles. The zero-order chi connectivity index (χ0) is 24.7. The topological polar surface area (TPSA) is 68.6 Å². The Morgan fingerprint density at radius 2 is 1.81 bits per heavy atom. The Bertz CT molecular complexity index is 1280. The number of halogens is 3. The van der Waals surface area contributed by atoms with Crippen LogP contribution < -0.4 is 14.9 Å². The number of carbonyl (C=O) groups is 1. The van der Waals surface area contributed by atoms with Gasteiger partial charge in [-0.15, -0.1) is 12.4 Å². The van der Waals surface area contributed by atoms with E-state index in [9.17, 15) is 4.79 Å². The van der Waals surface area contributed by atoms with Crippen LogP contribution in [-0.4, -0.2) is 40.9 Å². The van der Waals surface area contributed by atoms with Gasteiger partial charge >= 0.3 is 0 Å². The van der Waals surface area contributed by atoms with Crippen LogP contribution in [0.5, 0.6) is 11.5 Å². The summed E-state index contributed by atoms with van der Waals surface area (Å²) in [6, 6.07) is 10.9. The number of benzene rings is 2. The summed E-state index contributed by atoms with van der Waals surface area (Å²) in [5, 5.41) is 7.76. The SMILES string of the molecule is COc1ccc2c(c1)OC(C)(C)c1c(C(=O)NN3CCCCCC3)nn(-c3ccc(Cl)cc3Cl)c1-2.Cl. The molecule has 0 saturated carbocycles. The van der Waals surface area contributed by atoms with Crippen molar-refractivity contribution in [2.45, 2.75) is 45.1 Å². The van der Waals surface area contributed by atoms with Gasteiger partial charge in [0, 0.05) is 29.7 Å². The van der Waals surface area contributed by atoms with E-state index in [-0.39, 0.29) is 18.3 Å². The lowest BCUT2D eigenvalue weighted by atomic mass is 9.88. The summed E-state index contributed by atoms with van der Waals surface area (Å²) in [6.45, 7) is 5.51. The molecule has 0 atom stereocenters. The first-order chi connectivity index (χ1) is 16.8. The molecule has 1 N–H and O–H groups in total. The van der Waals surface area contributed by atoms with Crippen molar-refractivity contribution in [3.63, 3.8) is 0 Å². The molecule has 10 heteroatoms. The Balaban J connectivity index is 0.00000304. The van der Waals surface area contributed by atoms with Gasteiger partial charge in [-0.2, -0.15) is 5.10 Å². The van der Waals surface area contributed by atoms with E-state index >= 15 is 0 Å². The quantitative estimate of drug-likeness (QED) is 0.405. The third kappa shape index (κ3) is 4.90. The van der Waals surface area contributed by atoms with Crippen LogP contribution in [0.1, 0.15) is 55.6 Å². The van der Waals surface area contributed by atoms with Crippen LogP contribution >= 0.6 is 35.6 Å². The van der Waals surface area contributed by atoms with E-state index in [0.29, 0.717) is 38.5 Å². The molecule has 0 unspecified atom stereocenters. The van der Waals surface area contributed by atoms with Crippen LogP contribution in [0.25, 0.3) is 16.9 Å². The summed E-state index contributed by atoms with van der Waals surface area (Å²) in [6.07, 6.45) is 4.45. The molecule has 5 rings (SSSR count). The highest BCUT2D eigenvalue weighted by molar-refractivity contribution is 6.35. The lowest BCUT2D eigenvalue weighted by Crippen LogP contribution is -2.44. The van der Waals surface area contributed by atoms with Gasteiger partial charge < -0.3 is 9.47 Å². The van der Waals surface area contributed by atoms with E-state index in [1.165, 1.54) is 12.8 Å². The Hall–Kier alpha value is -2.45. The molecular formula is C26H29Cl3N4O3. The standard InChI is InChI=1S/C26H28Cl2N4O3.ClH/c1-26(2)22-23(25(33)30-31-12-6-4-5-7-13-31)29-32(20-11-8-16(27)14-19(20)28)24(22)18-10-9-17(34-3)15-21(18)35-26;/h8-11,14-15H,4-7,12-13H2,1-3H3,(H,30,33);1H. The fourth-order valence-corrected chi connectivity index (χ4v) is 5.33. The highest BCUT2D eigenvalue weighted by Crippen LogP contribution is 2.49. The molecule has 1 fully saturated rings. The summed E-state index contributed by atoms with van der Waals surface area (Å²) in [7, 11) is 1.62. The lowest BCUT2D eigenvalue weighted by molar-refractivity contribution is 0.0760. The molecule has 1 amide bonds. The largest absolute Gasteiger partial charge is 0.497 e. The second-order valence-electron chi connectivity index (χ2n) is 9.40. The Morgan fingerprint density at radius 1 is 1.08 bits per heavy atom. The van der Waals surface area contributed by atoms with Gasteiger partial charge in [-0.3, -0.25) is 10.2 Å². The lowest BCUT2D eigenvalue weighted by Gasteiger charge is -2.34.